The van der Waals surface area contributed by atoms with E-state index in [4.69, 9.17) is 11.6 Å². The molecule has 1 aliphatic carbocycles. The Morgan fingerprint density at radius 1 is 1.56 bits per heavy atom. The maximum atomic E-state index is 13.4. The Balaban J connectivity index is 2.05. The summed E-state index contributed by atoms with van der Waals surface area (Å²) < 4.78 is 13.4. The van der Waals surface area contributed by atoms with Gasteiger partial charge in [0.1, 0.15) is 11.9 Å². The lowest BCUT2D eigenvalue weighted by Crippen LogP contribution is -2.24. The van der Waals surface area contributed by atoms with E-state index < -0.39 is 11.9 Å². The van der Waals surface area contributed by atoms with Gasteiger partial charge in [0.15, 0.2) is 5.78 Å². The van der Waals surface area contributed by atoms with Crippen LogP contribution in [-0.2, 0) is 11.2 Å². The molecule has 0 spiro atoms. The van der Waals surface area contributed by atoms with Gasteiger partial charge in [0.25, 0.3) is 0 Å². The summed E-state index contributed by atoms with van der Waals surface area (Å²) in [4.78, 5) is 11.6. The molecule has 0 bridgehead atoms. The van der Waals surface area contributed by atoms with Gasteiger partial charge in [-0.05, 0) is 36.5 Å². The van der Waals surface area contributed by atoms with Crippen molar-refractivity contribution in [2.75, 3.05) is 0 Å². The number of aliphatic hydroxyl groups is 1. The van der Waals surface area contributed by atoms with Gasteiger partial charge in [0.2, 0.25) is 0 Å². The molecule has 0 aliphatic heterocycles. The van der Waals surface area contributed by atoms with E-state index in [1.165, 1.54) is 18.2 Å². The monoisotopic (exact) mass is 242 g/mol. The molecule has 4 heteroatoms. The standard InChI is InChI=1S/C12H12ClFO2/c13-9-4-3-8(10(14)6-9)5-11(15)12(16)7-1-2-7/h3-4,6-7,12,16H,1-2,5H2. The molecular formula is C12H12ClFO2. The van der Waals surface area contributed by atoms with E-state index in [1.807, 2.05) is 0 Å². The second-order valence-electron chi connectivity index (χ2n) is 4.16. The zero-order valence-corrected chi connectivity index (χ0v) is 9.38. The molecule has 0 aromatic heterocycles. The SMILES string of the molecule is O=C(Cc1ccc(Cl)cc1F)C(O)C1CC1. The third-order valence-corrected chi connectivity index (χ3v) is 3.01. The minimum atomic E-state index is -0.935. The van der Waals surface area contributed by atoms with E-state index in [-0.39, 0.29) is 23.7 Å². The zero-order chi connectivity index (χ0) is 11.7. The first kappa shape index (κ1) is 11.6. The minimum absolute atomic E-state index is 0.0688. The molecule has 16 heavy (non-hydrogen) atoms. The third kappa shape index (κ3) is 2.60. The molecule has 1 N–H and O–H groups in total. The van der Waals surface area contributed by atoms with Gasteiger partial charge in [-0.15, -0.1) is 0 Å². The molecule has 1 aromatic rings. The van der Waals surface area contributed by atoms with Gasteiger partial charge in [-0.1, -0.05) is 17.7 Å². The molecular weight excluding hydrogens is 231 g/mol. The summed E-state index contributed by atoms with van der Waals surface area (Å²) in [5, 5.41) is 9.87. The van der Waals surface area contributed by atoms with Gasteiger partial charge in [-0.25, -0.2) is 4.39 Å². The number of ketones is 1. The number of halogens is 2. The van der Waals surface area contributed by atoms with Crippen molar-refractivity contribution in [2.24, 2.45) is 5.92 Å². The average molecular weight is 243 g/mol. The van der Waals surface area contributed by atoms with E-state index in [9.17, 15) is 14.3 Å². The zero-order valence-electron chi connectivity index (χ0n) is 8.62. The predicted octanol–water partition coefficient (Wildman–Crippen LogP) is 2.36. The molecule has 2 nitrogen and oxygen atoms in total. The second kappa shape index (κ2) is 4.52. The minimum Gasteiger partial charge on any atom is -0.385 e. The molecule has 1 saturated carbocycles. The van der Waals surface area contributed by atoms with Gasteiger partial charge in [-0.3, -0.25) is 4.79 Å². The van der Waals surface area contributed by atoms with Crippen LogP contribution in [0.2, 0.25) is 5.02 Å². The number of carbonyl (C=O) groups is 1. The van der Waals surface area contributed by atoms with Crippen LogP contribution in [0.25, 0.3) is 0 Å². The van der Waals surface area contributed by atoms with Crippen molar-refractivity contribution in [1.82, 2.24) is 0 Å². The molecule has 1 unspecified atom stereocenters. The van der Waals surface area contributed by atoms with E-state index in [1.54, 1.807) is 0 Å². The number of rotatable bonds is 4. The van der Waals surface area contributed by atoms with Crippen LogP contribution in [0.3, 0.4) is 0 Å². The van der Waals surface area contributed by atoms with Crippen molar-refractivity contribution < 1.29 is 14.3 Å². The van der Waals surface area contributed by atoms with Crippen LogP contribution in [0, 0.1) is 11.7 Å². The van der Waals surface area contributed by atoms with Crippen molar-refractivity contribution in [3.05, 3.63) is 34.6 Å². The fourth-order valence-corrected chi connectivity index (χ4v) is 1.79. The number of carbonyl (C=O) groups excluding carboxylic acids is 1. The molecule has 0 heterocycles. The van der Waals surface area contributed by atoms with E-state index >= 15 is 0 Å². The highest BCUT2D eigenvalue weighted by molar-refractivity contribution is 6.30. The normalized spacial score (nSPS) is 17.2. The van der Waals surface area contributed by atoms with Crippen LogP contribution in [0.1, 0.15) is 18.4 Å². The van der Waals surface area contributed by atoms with Crippen LogP contribution in [0.5, 0.6) is 0 Å². The quantitative estimate of drug-likeness (QED) is 0.880. The number of hydrogen-bond acceptors (Lipinski definition) is 2. The summed E-state index contributed by atoms with van der Waals surface area (Å²) in [5.74, 6) is -0.726. The lowest BCUT2D eigenvalue weighted by atomic mass is 10.0. The molecule has 1 aliphatic rings. The highest BCUT2D eigenvalue weighted by Crippen LogP contribution is 2.33. The highest BCUT2D eigenvalue weighted by Gasteiger charge is 2.34. The van der Waals surface area contributed by atoms with Crippen molar-refractivity contribution in [3.63, 3.8) is 0 Å². The summed E-state index contributed by atoms with van der Waals surface area (Å²) in [6, 6.07) is 4.19. The van der Waals surface area contributed by atoms with Gasteiger partial charge >= 0.3 is 0 Å². The number of aliphatic hydroxyl groups excluding tert-OH is 1. The average Bonchev–Trinajstić information content (AvgIpc) is 3.04. The van der Waals surface area contributed by atoms with Gasteiger partial charge < -0.3 is 5.11 Å². The summed E-state index contributed by atoms with van der Waals surface area (Å²) in [6.07, 6.45) is 0.766. The maximum absolute atomic E-state index is 13.4. The summed E-state index contributed by atoms with van der Waals surface area (Å²) >= 11 is 5.60. The fraction of sp³-hybridized carbons (Fsp3) is 0.417. The number of benzene rings is 1. The maximum Gasteiger partial charge on any atom is 0.166 e. The summed E-state index contributed by atoms with van der Waals surface area (Å²) in [6.45, 7) is 0. The first-order valence-electron chi connectivity index (χ1n) is 5.22. The number of hydrogen-bond donors (Lipinski definition) is 1. The Kier molecular flexibility index (Phi) is 3.26. The molecule has 1 fully saturated rings. The van der Waals surface area contributed by atoms with E-state index in [0.29, 0.717) is 5.02 Å². The predicted molar refractivity (Wildman–Crippen MR) is 58.9 cm³/mol. The summed E-state index contributed by atoms with van der Waals surface area (Å²) in [5.41, 5.74) is 0.286. The molecule has 0 saturated heterocycles. The van der Waals surface area contributed by atoms with Gasteiger partial charge in [0.05, 0.1) is 0 Å². The Morgan fingerprint density at radius 3 is 2.81 bits per heavy atom. The van der Waals surface area contributed by atoms with Crippen molar-refractivity contribution >= 4 is 17.4 Å². The molecule has 1 aromatic carbocycles. The Hall–Kier alpha value is -0.930. The smallest absolute Gasteiger partial charge is 0.166 e. The van der Waals surface area contributed by atoms with Gasteiger partial charge in [0, 0.05) is 11.4 Å². The third-order valence-electron chi connectivity index (χ3n) is 2.78. The van der Waals surface area contributed by atoms with Crippen molar-refractivity contribution in [1.29, 1.82) is 0 Å². The molecule has 1 atom stereocenters. The second-order valence-corrected chi connectivity index (χ2v) is 4.60. The van der Waals surface area contributed by atoms with E-state index in [0.717, 1.165) is 12.8 Å². The fourth-order valence-electron chi connectivity index (χ4n) is 1.63. The summed E-state index contributed by atoms with van der Waals surface area (Å²) in [7, 11) is 0. The first-order chi connectivity index (χ1) is 7.58. The lowest BCUT2D eigenvalue weighted by Gasteiger charge is -2.08. The Labute approximate surface area is 98.0 Å². The topological polar surface area (TPSA) is 37.3 Å². The van der Waals surface area contributed by atoms with Crippen LogP contribution >= 0.6 is 11.6 Å². The van der Waals surface area contributed by atoms with Gasteiger partial charge in [-0.2, -0.15) is 0 Å². The van der Waals surface area contributed by atoms with Crippen LogP contribution in [0.15, 0.2) is 18.2 Å². The largest absolute Gasteiger partial charge is 0.385 e. The molecule has 2 rings (SSSR count). The van der Waals surface area contributed by atoms with Crippen molar-refractivity contribution in [2.45, 2.75) is 25.4 Å². The Morgan fingerprint density at radius 2 is 2.25 bits per heavy atom. The Bertz CT molecular complexity index is 415. The molecule has 0 radical (unpaired) electrons. The lowest BCUT2D eigenvalue weighted by molar-refractivity contribution is -0.127. The highest BCUT2D eigenvalue weighted by atomic mass is 35.5. The molecule has 0 amide bonds. The van der Waals surface area contributed by atoms with E-state index in [2.05, 4.69) is 0 Å². The molecule has 86 valence electrons. The van der Waals surface area contributed by atoms with Crippen molar-refractivity contribution in [3.8, 4) is 0 Å². The van der Waals surface area contributed by atoms with Crippen LogP contribution in [0.4, 0.5) is 4.39 Å². The van der Waals surface area contributed by atoms with Crippen LogP contribution in [-0.4, -0.2) is 17.0 Å². The number of Topliss-reactive ketones (excluding diaryl/α,β-unsaturated/α-hetero) is 1. The first-order valence-corrected chi connectivity index (χ1v) is 5.60. The van der Waals surface area contributed by atoms with Crippen LogP contribution < -0.4 is 0 Å².